The number of benzene rings is 1. The molecule has 0 radical (unpaired) electrons. The van der Waals surface area contributed by atoms with Gasteiger partial charge in [0.25, 0.3) is 5.91 Å². The molecule has 5 nitrogen and oxygen atoms in total. The minimum Gasteiger partial charge on any atom is -0.478 e. The zero-order chi connectivity index (χ0) is 15.0. The second-order valence-electron chi connectivity index (χ2n) is 4.80. The van der Waals surface area contributed by atoms with Gasteiger partial charge in [-0.1, -0.05) is 11.6 Å². The highest BCUT2D eigenvalue weighted by atomic mass is 35.5. The number of anilines is 1. The standard InChI is InChI=1S/C14H11ClN2O3S/c15-10-5-8(3-4-9(10)14(19)20)16-12(18)11-6-21-13(17-11)7-1-2-7/h3-7H,1-2H2,(H,16,18)(H,19,20). The Morgan fingerprint density at radius 3 is 2.76 bits per heavy atom. The summed E-state index contributed by atoms with van der Waals surface area (Å²) in [6.07, 6.45) is 2.28. The smallest absolute Gasteiger partial charge is 0.337 e. The van der Waals surface area contributed by atoms with Crippen LogP contribution in [0.4, 0.5) is 5.69 Å². The summed E-state index contributed by atoms with van der Waals surface area (Å²) in [5.41, 5.74) is 0.815. The number of aromatic nitrogens is 1. The fourth-order valence-corrected chi connectivity index (χ4v) is 3.10. The van der Waals surface area contributed by atoms with E-state index in [1.807, 2.05) is 0 Å². The maximum Gasteiger partial charge on any atom is 0.337 e. The Bertz CT molecular complexity index is 725. The zero-order valence-corrected chi connectivity index (χ0v) is 12.4. The number of nitrogens with one attached hydrogen (secondary N) is 1. The maximum atomic E-state index is 12.1. The lowest BCUT2D eigenvalue weighted by atomic mass is 10.2. The summed E-state index contributed by atoms with van der Waals surface area (Å²) in [4.78, 5) is 27.3. The van der Waals surface area contributed by atoms with Gasteiger partial charge in [0.2, 0.25) is 0 Å². The van der Waals surface area contributed by atoms with Crippen LogP contribution in [-0.4, -0.2) is 22.0 Å². The number of thiazole rings is 1. The van der Waals surface area contributed by atoms with Crippen LogP contribution in [0.15, 0.2) is 23.6 Å². The number of carboxylic acid groups (broad SMARTS) is 1. The molecule has 2 aromatic rings. The van der Waals surface area contributed by atoms with Crippen molar-refractivity contribution in [3.63, 3.8) is 0 Å². The van der Waals surface area contributed by atoms with Crippen molar-refractivity contribution in [1.29, 1.82) is 0 Å². The third-order valence-corrected chi connectivity index (χ3v) is 4.46. The summed E-state index contributed by atoms with van der Waals surface area (Å²) >= 11 is 7.35. The van der Waals surface area contributed by atoms with Crippen LogP contribution < -0.4 is 5.32 Å². The minimum atomic E-state index is -1.11. The second kappa shape index (κ2) is 5.46. The van der Waals surface area contributed by atoms with Gasteiger partial charge in [-0.15, -0.1) is 11.3 Å². The number of amides is 1. The average Bonchev–Trinajstić information content (AvgIpc) is 3.16. The zero-order valence-electron chi connectivity index (χ0n) is 10.8. The Morgan fingerprint density at radius 2 is 2.14 bits per heavy atom. The van der Waals surface area contributed by atoms with Gasteiger partial charge >= 0.3 is 5.97 Å². The average molecular weight is 323 g/mol. The highest BCUT2D eigenvalue weighted by Gasteiger charge is 2.27. The summed E-state index contributed by atoms with van der Waals surface area (Å²) in [6, 6.07) is 4.27. The molecule has 1 aliphatic rings. The Balaban J connectivity index is 1.74. The van der Waals surface area contributed by atoms with Gasteiger partial charge in [-0.05, 0) is 31.0 Å². The minimum absolute atomic E-state index is 0.000608. The molecule has 3 rings (SSSR count). The quantitative estimate of drug-likeness (QED) is 0.901. The van der Waals surface area contributed by atoms with Gasteiger partial charge in [-0.3, -0.25) is 4.79 Å². The first kappa shape index (κ1) is 14.0. The molecule has 1 aliphatic carbocycles. The molecule has 0 bridgehead atoms. The molecule has 0 unspecified atom stereocenters. The fourth-order valence-electron chi connectivity index (χ4n) is 1.87. The van der Waals surface area contributed by atoms with Crippen molar-refractivity contribution in [2.45, 2.75) is 18.8 Å². The van der Waals surface area contributed by atoms with E-state index in [0.717, 1.165) is 17.8 Å². The van der Waals surface area contributed by atoms with E-state index in [-0.39, 0.29) is 16.5 Å². The lowest BCUT2D eigenvalue weighted by molar-refractivity contribution is 0.0697. The Hall–Kier alpha value is -1.92. The van der Waals surface area contributed by atoms with E-state index in [9.17, 15) is 9.59 Å². The first-order valence-corrected chi connectivity index (χ1v) is 7.60. The SMILES string of the molecule is O=C(Nc1ccc(C(=O)O)c(Cl)c1)c1csc(C2CC2)n1. The number of carbonyl (C=O) groups is 2. The Morgan fingerprint density at radius 1 is 1.38 bits per heavy atom. The third kappa shape index (κ3) is 3.06. The Labute approximate surface area is 129 Å². The molecule has 1 fully saturated rings. The van der Waals surface area contributed by atoms with Crippen LogP contribution in [0.25, 0.3) is 0 Å². The molecular weight excluding hydrogens is 312 g/mol. The number of aromatic carboxylic acids is 1. The number of carbonyl (C=O) groups excluding carboxylic acids is 1. The molecule has 0 saturated heterocycles. The van der Waals surface area contributed by atoms with E-state index < -0.39 is 5.97 Å². The summed E-state index contributed by atoms with van der Waals surface area (Å²) in [5, 5.41) is 14.4. The molecule has 2 N–H and O–H groups in total. The van der Waals surface area contributed by atoms with Crippen LogP contribution in [0.3, 0.4) is 0 Å². The van der Waals surface area contributed by atoms with Crippen molar-refractivity contribution in [3.05, 3.63) is 44.9 Å². The summed E-state index contributed by atoms with van der Waals surface area (Å²) in [7, 11) is 0. The topological polar surface area (TPSA) is 79.3 Å². The highest BCUT2D eigenvalue weighted by molar-refractivity contribution is 7.10. The van der Waals surface area contributed by atoms with E-state index in [1.54, 1.807) is 5.38 Å². The van der Waals surface area contributed by atoms with Crippen molar-refractivity contribution < 1.29 is 14.7 Å². The molecule has 1 heterocycles. The first-order valence-electron chi connectivity index (χ1n) is 6.34. The lowest BCUT2D eigenvalue weighted by Crippen LogP contribution is -2.12. The van der Waals surface area contributed by atoms with Gasteiger partial charge in [0, 0.05) is 17.0 Å². The number of hydrogen-bond acceptors (Lipinski definition) is 4. The normalized spacial score (nSPS) is 14.0. The van der Waals surface area contributed by atoms with Gasteiger partial charge in [-0.2, -0.15) is 0 Å². The van der Waals surface area contributed by atoms with E-state index in [1.165, 1.54) is 29.5 Å². The van der Waals surface area contributed by atoms with E-state index in [0.29, 0.717) is 17.3 Å². The number of hydrogen-bond donors (Lipinski definition) is 2. The molecule has 1 aromatic heterocycles. The number of carboxylic acids is 1. The lowest BCUT2D eigenvalue weighted by Gasteiger charge is -2.05. The highest BCUT2D eigenvalue weighted by Crippen LogP contribution is 2.41. The predicted molar refractivity (Wildman–Crippen MR) is 80.5 cm³/mol. The van der Waals surface area contributed by atoms with Crippen LogP contribution >= 0.6 is 22.9 Å². The van der Waals surface area contributed by atoms with Gasteiger partial charge < -0.3 is 10.4 Å². The molecule has 1 aromatic carbocycles. The number of halogens is 1. The molecule has 1 saturated carbocycles. The third-order valence-electron chi connectivity index (χ3n) is 3.14. The molecule has 21 heavy (non-hydrogen) atoms. The van der Waals surface area contributed by atoms with Crippen molar-refractivity contribution >= 4 is 40.5 Å². The van der Waals surface area contributed by atoms with E-state index in [4.69, 9.17) is 16.7 Å². The largest absolute Gasteiger partial charge is 0.478 e. The summed E-state index contributed by atoms with van der Waals surface area (Å²) in [6.45, 7) is 0. The van der Waals surface area contributed by atoms with Crippen molar-refractivity contribution in [2.75, 3.05) is 5.32 Å². The molecule has 108 valence electrons. The summed E-state index contributed by atoms with van der Waals surface area (Å²) < 4.78 is 0. The molecule has 0 atom stereocenters. The van der Waals surface area contributed by atoms with Crippen LogP contribution in [0, 0.1) is 0 Å². The molecule has 0 spiro atoms. The second-order valence-corrected chi connectivity index (χ2v) is 6.10. The molecule has 0 aliphatic heterocycles. The van der Waals surface area contributed by atoms with Crippen molar-refractivity contribution in [1.82, 2.24) is 4.98 Å². The maximum absolute atomic E-state index is 12.1. The predicted octanol–water partition coefficient (Wildman–Crippen LogP) is 3.62. The van der Waals surface area contributed by atoms with Crippen LogP contribution in [0.1, 0.15) is 44.6 Å². The van der Waals surface area contributed by atoms with Crippen LogP contribution in [0.5, 0.6) is 0 Å². The van der Waals surface area contributed by atoms with E-state index >= 15 is 0 Å². The molecular formula is C14H11ClN2O3S. The number of rotatable bonds is 4. The van der Waals surface area contributed by atoms with Gasteiger partial charge in [0.05, 0.1) is 15.6 Å². The fraction of sp³-hybridized carbons (Fsp3) is 0.214. The van der Waals surface area contributed by atoms with Crippen LogP contribution in [-0.2, 0) is 0 Å². The van der Waals surface area contributed by atoms with Gasteiger partial charge in [-0.25, -0.2) is 9.78 Å². The molecule has 7 heteroatoms. The van der Waals surface area contributed by atoms with Gasteiger partial charge in [0.1, 0.15) is 5.69 Å². The van der Waals surface area contributed by atoms with Gasteiger partial charge in [0.15, 0.2) is 0 Å². The summed E-state index contributed by atoms with van der Waals surface area (Å²) in [5.74, 6) is -0.912. The first-order chi connectivity index (χ1) is 10.0. The van der Waals surface area contributed by atoms with Crippen molar-refractivity contribution in [3.8, 4) is 0 Å². The molecule has 1 amide bonds. The van der Waals surface area contributed by atoms with Crippen LogP contribution in [0.2, 0.25) is 5.02 Å². The monoisotopic (exact) mass is 322 g/mol. The van der Waals surface area contributed by atoms with E-state index in [2.05, 4.69) is 10.3 Å². The van der Waals surface area contributed by atoms with Crippen molar-refractivity contribution in [2.24, 2.45) is 0 Å². The number of nitrogens with zero attached hydrogens (tertiary/aromatic N) is 1. The Kier molecular flexibility index (Phi) is 3.65.